The van der Waals surface area contributed by atoms with Crippen molar-refractivity contribution in [1.82, 2.24) is 0 Å². The van der Waals surface area contributed by atoms with Gasteiger partial charge in [-0.1, -0.05) is 37.1 Å². The van der Waals surface area contributed by atoms with Gasteiger partial charge in [-0.25, -0.2) is 0 Å². The van der Waals surface area contributed by atoms with E-state index in [1.54, 1.807) is 25.3 Å². The zero-order valence-electron chi connectivity index (χ0n) is 17.3. The minimum atomic E-state index is -0.0319. The number of hydrogen-bond donors (Lipinski definition) is 1. The molecule has 1 aromatic heterocycles. The average Bonchev–Trinajstić information content (AvgIpc) is 3.24. The Kier molecular flexibility index (Phi) is 7.75. The molecule has 0 saturated heterocycles. The van der Waals surface area contributed by atoms with Gasteiger partial charge in [-0.05, 0) is 73.0 Å². The summed E-state index contributed by atoms with van der Waals surface area (Å²) in [5, 5.41) is 3.67. The minimum absolute atomic E-state index is 0.0319. The number of anilines is 1. The number of ketones is 1. The minimum Gasteiger partial charge on any atom is -0.495 e. The van der Waals surface area contributed by atoms with Crippen LogP contribution in [-0.4, -0.2) is 19.4 Å². The van der Waals surface area contributed by atoms with Crippen LogP contribution in [0.5, 0.6) is 5.75 Å². The molecule has 0 spiro atoms. The summed E-state index contributed by atoms with van der Waals surface area (Å²) in [7, 11) is 1.57. The first-order chi connectivity index (χ1) is 14.6. The Morgan fingerprint density at radius 2 is 1.93 bits per heavy atom. The summed E-state index contributed by atoms with van der Waals surface area (Å²) in [5.74, 6) is 1.86. The predicted octanol–water partition coefficient (Wildman–Crippen LogP) is 6.65. The van der Waals surface area contributed by atoms with Crippen molar-refractivity contribution in [2.24, 2.45) is 0 Å². The summed E-state index contributed by atoms with van der Waals surface area (Å²) < 4.78 is 11.0. The monoisotopic (exact) mass is 423 g/mol. The van der Waals surface area contributed by atoms with Crippen LogP contribution in [0.3, 0.4) is 0 Å². The highest BCUT2D eigenvalue weighted by atomic mass is 35.5. The van der Waals surface area contributed by atoms with Crippen LogP contribution >= 0.6 is 11.6 Å². The van der Waals surface area contributed by atoms with Gasteiger partial charge in [0.15, 0.2) is 5.78 Å². The molecule has 0 bridgehead atoms. The number of rotatable bonds is 10. The van der Waals surface area contributed by atoms with Gasteiger partial charge in [-0.2, -0.15) is 0 Å². The quantitative estimate of drug-likeness (QED) is 0.371. The van der Waals surface area contributed by atoms with Crippen molar-refractivity contribution in [3.05, 3.63) is 77.0 Å². The molecule has 1 heterocycles. The van der Waals surface area contributed by atoms with Crippen LogP contribution in [0.25, 0.3) is 17.4 Å². The molecule has 0 amide bonds. The van der Waals surface area contributed by atoms with Crippen molar-refractivity contribution >= 4 is 29.1 Å². The van der Waals surface area contributed by atoms with Crippen LogP contribution < -0.4 is 10.1 Å². The van der Waals surface area contributed by atoms with Crippen LogP contribution in [-0.2, 0) is 11.2 Å². The number of halogens is 1. The third-order valence-corrected chi connectivity index (χ3v) is 5.03. The Hall–Kier alpha value is -2.98. The van der Waals surface area contributed by atoms with Crippen molar-refractivity contribution in [2.45, 2.75) is 26.2 Å². The summed E-state index contributed by atoms with van der Waals surface area (Å²) in [6.07, 6.45) is 6.66. The molecule has 3 rings (SSSR count). The topological polar surface area (TPSA) is 51.5 Å². The number of aryl methyl sites for hydroxylation is 1. The van der Waals surface area contributed by atoms with Crippen molar-refractivity contribution in [2.75, 3.05) is 19.0 Å². The smallest absolute Gasteiger partial charge is 0.174 e. The molecule has 0 aliphatic carbocycles. The molecule has 0 unspecified atom stereocenters. The fourth-order valence-electron chi connectivity index (χ4n) is 3.01. The molecule has 156 valence electrons. The normalized spacial score (nSPS) is 11.0. The second-order valence-corrected chi connectivity index (χ2v) is 7.41. The lowest BCUT2D eigenvalue weighted by molar-refractivity contribution is -0.113. The third-order valence-electron chi connectivity index (χ3n) is 4.74. The summed E-state index contributed by atoms with van der Waals surface area (Å²) >= 11 is 6.17. The van der Waals surface area contributed by atoms with Gasteiger partial charge in [0.05, 0.1) is 18.7 Å². The number of benzene rings is 2. The summed E-state index contributed by atoms with van der Waals surface area (Å²) in [5.41, 5.74) is 3.10. The Morgan fingerprint density at radius 3 is 2.63 bits per heavy atom. The molecule has 30 heavy (non-hydrogen) atoms. The highest BCUT2D eigenvalue weighted by molar-refractivity contribution is 6.32. The molecule has 4 nitrogen and oxygen atoms in total. The maximum absolute atomic E-state index is 12.2. The second kappa shape index (κ2) is 10.7. The van der Waals surface area contributed by atoms with E-state index in [-0.39, 0.29) is 12.3 Å². The fourth-order valence-corrected chi connectivity index (χ4v) is 3.27. The molecule has 3 aromatic rings. The van der Waals surface area contributed by atoms with E-state index in [0.717, 1.165) is 17.7 Å². The first-order valence-electron chi connectivity index (χ1n) is 10.1. The van der Waals surface area contributed by atoms with Crippen LogP contribution in [0.15, 0.2) is 65.1 Å². The maximum Gasteiger partial charge on any atom is 0.174 e. The number of hydrogen-bond acceptors (Lipinski definition) is 4. The Bertz CT molecular complexity index is 1010. The van der Waals surface area contributed by atoms with Gasteiger partial charge >= 0.3 is 0 Å². The van der Waals surface area contributed by atoms with Gasteiger partial charge < -0.3 is 14.5 Å². The van der Waals surface area contributed by atoms with E-state index in [0.29, 0.717) is 22.3 Å². The van der Waals surface area contributed by atoms with Gasteiger partial charge in [0.2, 0.25) is 0 Å². The lowest BCUT2D eigenvalue weighted by Gasteiger charge is -2.05. The van der Waals surface area contributed by atoms with E-state index in [9.17, 15) is 4.79 Å². The fraction of sp³-hybridized carbons (Fsp3) is 0.240. The van der Waals surface area contributed by atoms with Crippen molar-refractivity contribution in [3.63, 3.8) is 0 Å². The van der Waals surface area contributed by atoms with E-state index in [1.807, 2.05) is 30.3 Å². The number of nitrogens with one attached hydrogen (secondary N) is 1. The predicted molar refractivity (Wildman–Crippen MR) is 123 cm³/mol. The molecule has 0 saturated carbocycles. The highest BCUT2D eigenvalue weighted by Gasteiger charge is 2.07. The number of carbonyl (C=O) groups excluding carboxylic acids is 1. The lowest BCUT2D eigenvalue weighted by atomic mass is 10.1. The molecule has 0 aliphatic rings. The molecule has 2 aromatic carbocycles. The van der Waals surface area contributed by atoms with Crippen molar-refractivity contribution in [1.29, 1.82) is 0 Å². The second-order valence-electron chi connectivity index (χ2n) is 7.01. The van der Waals surface area contributed by atoms with Gasteiger partial charge in [0.1, 0.15) is 17.3 Å². The molecule has 0 atom stereocenters. The van der Waals surface area contributed by atoms with Crippen LogP contribution in [0.2, 0.25) is 5.02 Å². The lowest BCUT2D eigenvalue weighted by Crippen LogP contribution is -2.10. The molecule has 0 fully saturated rings. The van der Waals surface area contributed by atoms with Crippen molar-refractivity contribution in [3.8, 4) is 17.1 Å². The molecule has 0 aliphatic heterocycles. The van der Waals surface area contributed by atoms with E-state index >= 15 is 0 Å². The van der Waals surface area contributed by atoms with Crippen LogP contribution in [0, 0.1) is 0 Å². The summed E-state index contributed by atoms with van der Waals surface area (Å²) in [6.45, 7) is 2.42. The zero-order valence-corrected chi connectivity index (χ0v) is 18.0. The number of carbonyl (C=O) groups is 1. The first kappa shape index (κ1) is 21.7. The molecule has 5 heteroatoms. The van der Waals surface area contributed by atoms with Gasteiger partial charge in [-0.3, -0.25) is 4.79 Å². The molecule has 0 radical (unpaired) electrons. The SMILES string of the molecule is CCCCc1ccc(NCC(=O)/C=C/c2ccc(-c3ccc(OC)c(Cl)c3)o2)cc1. The number of unbranched alkanes of at least 4 members (excludes halogenated alkanes) is 1. The third kappa shape index (κ3) is 6.01. The van der Waals surface area contributed by atoms with E-state index in [2.05, 4.69) is 24.4 Å². The number of ether oxygens (including phenoxy) is 1. The van der Waals surface area contributed by atoms with Gasteiger partial charge in [0, 0.05) is 11.3 Å². The van der Waals surface area contributed by atoms with Crippen LogP contribution in [0.1, 0.15) is 31.1 Å². The Labute approximate surface area is 182 Å². The van der Waals surface area contributed by atoms with Crippen molar-refractivity contribution < 1.29 is 13.9 Å². The standard InChI is InChI=1S/C25H26ClNO3/c1-3-4-5-18-6-9-20(10-7-18)27-17-21(28)11-12-22-13-15-24(30-22)19-8-14-25(29-2)23(26)16-19/h6-16,27H,3-5,17H2,1-2H3/b12-11+. The Morgan fingerprint density at radius 1 is 1.13 bits per heavy atom. The molecule has 1 N–H and O–H groups in total. The average molecular weight is 424 g/mol. The number of furan rings is 1. The largest absolute Gasteiger partial charge is 0.495 e. The highest BCUT2D eigenvalue weighted by Crippen LogP contribution is 2.31. The van der Waals surface area contributed by atoms with E-state index < -0.39 is 0 Å². The van der Waals surface area contributed by atoms with E-state index in [4.69, 9.17) is 20.8 Å². The van der Waals surface area contributed by atoms with Gasteiger partial charge in [-0.15, -0.1) is 0 Å². The zero-order chi connectivity index (χ0) is 21.3. The maximum atomic E-state index is 12.2. The van der Waals surface area contributed by atoms with E-state index in [1.165, 1.54) is 24.5 Å². The Balaban J connectivity index is 1.53. The summed E-state index contributed by atoms with van der Waals surface area (Å²) in [4.78, 5) is 12.2. The number of methoxy groups -OCH3 is 1. The van der Waals surface area contributed by atoms with Crippen LogP contribution in [0.4, 0.5) is 5.69 Å². The van der Waals surface area contributed by atoms with Gasteiger partial charge in [0.25, 0.3) is 0 Å². The first-order valence-corrected chi connectivity index (χ1v) is 10.4. The molecular weight excluding hydrogens is 398 g/mol. The molecular formula is C25H26ClNO3. The summed E-state index contributed by atoms with van der Waals surface area (Å²) in [6, 6.07) is 17.4.